The standard InChI is InChI=1S/C2F4.C2HF3/c3-1(4)2(5)6;3-1-2(4)5/h;1H. The van der Waals surface area contributed by atoms with Gasteiger partial charge in [-0.1, -0.05) is 0 Å². The summed E-state index contributed by atoms with van der Waals surface area (Å²) in [6, 6.07) is 0. The van der Waals surface area contributed by atoms with Crippen LogP contribution in [0, 0.1) is 0 Å². The minimum absolute atomic E-state index is 0.750. The first kappa shape index (κ1) is 12.6. The summed E-state index contributed by atoms with van der Waals surface area (Å²) in [5.74, 6) is 0. The molecule has 0 aromatic rings. The molecule has 0 aliphatic rings. The van der Waals surface area contributed by atoms with Gasteiger partial charge in [0.25, 0.3) is 6.08 Å². The molecule has 0 aliphatic heterocycles. The summed E-state index contributed by atoms with van der Waals surface area (Å²) in [5, 5.41) is 0. The molecule has 0 rings (SSSR count). The molecular formula is C4HF7. The number of rotatable bonds is 0. The highest BCUT2D eigenvalue weighted by molar-refractivity contribution is 4.77. The fourth-order valence-corrected chi connectivity index (χ4v) is 0. The van der Waals surface area contributed by atoms with Crippen LogP contribution in [0.5, 0.6) is 0 Å². The van der Waals surface area contributed by atoms with Gasteiger partial charge in [0.05, 0.1) is 0 Å². The average Bonchev–Trinajstić information content (AvgIpc) is 1.89. The molecule has 0 aromatic carbocycles. The summed E-state index contributed by atoms with van der Waals surface area (Å²) in [7, 11) is 0. The van der Waals surface area contributed by atoms with E-state index in [4.69, 9.17) is 0 Å². The van der Waals surface area contributed by atoms with Gasteiger partial charge in [0.15, 0.2) is 6.33 Å². The van der Waals surface area contributed by atoms with Crippen molar-refractivity contribution in [2.75, 3.05) is 0 Å². The van der Waals surface area contributed by atoms with Crippen LogP contribution in [0.3, 0.4) is 0 Å². The van der Waals surface area contributed by atoms with E-state index in [0.717, 1.165) is 0 Å². The van der Waals surface area contributed by atoms with Crippen molar-refractivity contribution >= 4 is 0 Å². The van der Waals surface area contributed by atoms with E-state index in [2.05, 4.69) is 0 Å². The quantitative estimate of drug-likeness (QED) is 0.501. The van der Waals surface area contributed by atoms with E-state index in [0.29, 0.717) is 0 Å². The van der Waals surface area contributed by atoms with Gasteiger partial charge < -0.3 is 0 Å². The topological polar surface area (TPSA) is 0 Å². The fraction of sp³-hybridized carbons (Fsp3) is 0. The predicted octanol–water partition coefficient (Wildman–Crippen LogP) is 3.68. The molecule has 0 N–H and O–H groups in total. The van der Waals surface area contributed by atoms with Crippen molar-refractivity contribution in [3.05, 3.63) is 24.6 Å². The first-order chi connectivity index (χ1) is 4.91. The molecule has 0 nitrogen and oxygen atoms in total. The van der Waals surface area contributed by atoms with E-state index in [1.807, 2.05) is 0 Å². The van der Waals surface area contributed by atoms with E-state index >= 15 is 0 Å². The van der Waals surface area contributed by atoms with Crippen LogP contribution in [-0.4, -0.2) is 0 Å². The van der Waals surface area contributed by atoms with Crippen LogP contribution < -0.4 is 0 Å². The lowest BCUT2D eigenvalue weighted by molar-refractivity contribution is 0.308. The van der Waals surface area contributed by atoms with E-state index in [1.54, 1.807) is 0 Å². The van der Waals surface area contributed by atoms with Crippen LogP contribution in [0.15, 0.2) is 24.6 Å². The Bertz CT molecular complexity index is 136. The molecule has 0 saturated carbocycles. The largest absolute Gasteiger partial charge is 0.334 e. The lowest BCUT2D eigenvalue weighted by atomic mass is 11.1. The monoisotopic (exact) mass is 182 g/mol. The van der Waals surface area contributed by atoms with Crippen LogP contribution in [-0.2, 0) is 0 Å². The Morgan fingerprint density at radius 2 is 0.909 bits per heavy atom. The Hall–Kier alpha value is -1.01. The van der Waals surface area contributed by atoms with Crippen LogP contribution in [0.1, 0.15) is 0 Å². The second kappa shape index (κ2) is 7.10. The SMILES string of the molecule is FC(F)=C(F)F.FC=C(F)F. The highest BCUT2D eigenvalue weighted by Crippen LogP contribution is 2.08. The third kappa shape index (κ3) is 17.6. The van der Waals surface area contributed by atoms with Crippen LogP contribution in [0.25, 0.3) is 0 Å². The number of hydrogen-bond acceptors (Lipinski definition) is 0. The normalized spacial score (nSPS) is 7.55. The van der Waals surface area contributed by atoms with Gasteiger partial charge in [0, 0.05) is 0 Å². The van der Waals surface area contributed by atoms with Crippen molar-refractivity contribution in [3.8, 4) is 0 Å². The molecule has 0 amide bonds. The van der Waals surface area contributed by atoms with Crippen molar-refractivity contribution < 1.29 is 30.7 Å². The molecule has 0 aliphatic carbocycles. The van der Waals surface area contributed by atoms with E-state index in [9.17, 15) is 30.7 Å². The molecule has 66 valence electrons. The second-order valence-electron chi connectivity index (χ2n) is 0.920. The van der Waals surface area contributed by atoms with Crippen molar-refractivity contribution in [2.45, 2.75) is 0 Å². The summed E-state index contributed by atoms with van der Waals surface area (Å²) < 4.78 is 71.9. The lowest BCUT2D eigenvalue weighted by Gasteiger charge is -1.69. The Morgan fingerprint density at radius 1 is 0.727 bits per heavy atom. The minimum Gasteiger partial charge on any atom is -0.210 e. The van der Waals surface area contributed by atoms with Crippen LogP contribution in [0.2, 0.25) is 0 Å². The Labute approximate surface area is 56.6 Å². The zero-order valence-electron chi connectivity index (χ0n) is 4.72. The second-order valence-corrected chi connectivity index (χ2v) is 0.920. The highest BCUT2D eigenvalue weighted by atomic mass is 19.3. The maximum absolute atomic E-state index is 10.3. The maximum atomic E-state index is 10.3. The van der Waals surface area contributed by atoms with Crippen molar-refractivity contribution in [1.82, 2.24) is 0 Å². The molecular weight excluding hydrogens is 181 g/mol. The van der Waals surface area contributed by atoms with Gasteiger partial charge in [0.1, 0.15) is 0 Å². The molecule has 11 heavy (non-hydrogen) atoms. The van der Waals surface area contributed by atoms with Gasteiger partial charge in [-0.25, -0.2) is 4.39 Å². The van der Waals surface area contributed by atoms with E-state index in [1.165, 1.54) is 0 Å². The van der Waals surface area contributed by atoms with Crippen LogP contribution in [0.4, 0.5) is 30.7 Å². The average molecular weight is 182 g/mol. The fourth-order valence-electron chi connectivity index (χ4n) is 0. The zero-order chi connectivity index (χ0) is 9.44. The molecule has 7 heteroatoms. The van der Waals surface area contributed by atoms with Gasteiger partial charge in [-0.2, -0.15) is 26.3 Å². The molecule has 0 atom stereocenters. The lowest BCUT2D eigenvalue weighted by Crippen LogP contribution is -1.56. The smallest absolute Gasteiger partial charge is 0.210 e. The van der Waals surface area contributed by atoms with Crippen molar-refractivity contribution in [3.63, 3.8) is 0 Å². The zero-order valence-corrected chi connectivity index (χ0v) is 4.72. The first-order valence-corrected chi connectivity index (χ1v) is 1.89. The summed E-state index contributed by atoms with van der Waals surface area (Å²) >= 11 is 0. The number of hydrogen-bond donors (Lipinski definition) is 0. The molecule has 0 radical (unpaired) electrons. The van der Waals surface area contributed by atoms with E-state index in [-0.39, 0.29) is 0 Å². The summed E-state index contributed by atoms with van der Waals surface area (Å²) in [6.07, 6.45) is -8.85. The van der Waals surface area contributed by atoms with Gasteiger partial charge in [-0.15, -0.1) is 0 Å². The predicted molar refractivity (Wildman–Crippen MR) is 22.9 cm³/mol. The maximum Gasteiger partial charge on any atom is 0.334 e. The first-order valence-electron chi connectivity index (χ1n) is 1.89. The Balaban J connectivity index is 0. The molecule has 0 heterocycles. The van der Waals surface area contributed by atoms with Crippen LogP contribution >= 0.6 is 0 Å². The molecule has 0 bridgehead atoms. The summed E-state index contributed by atoms with van der Waals surface area (Å²) in [4.78, 5) is 0. The highest BCUT2D eigenvalue weighted by Gasteiger charge is 1.98. The van der Waals surface area contributed by atoms with Crippen molar-refractivity contribution in [2.24, 2.45) is 0 Å². The van der Waals surface area contributed by atoms with Gasteiger partial charge in [-0.3, -0.25) is 0 Å². The summed E-state index contributed by atoms with van der Waals surface area (Å²) in [5.41, 5.74) is 0. The third-order valence-corrected chi connectivity index (χ3v) is 0.225. The van der Waals surface area contributed by atoms with E-state index < -0.39 is 24.6 Å². The molecule has 0 unspecified atom stereocenters. The molecule has 0 saturated heterocycles. The van der Waals surface area contributed by atoms with Gasteiger partial charge >= 0.3 is 12.2 Å². The Kier molecular flexibility index (Phi) is 8.16. The minimum atomic E-state index is -2.91. The third-order valence-electron chi connectivity index (χ3n) is 0.225. The van der Waals surface area contributed by atoms with Crippen molar-refractivity contribution in [1.29, 1.82) is 0 Å². The molecule has 0 aromatic heterocycles. The molecule has 0 spiro atoms. The van der Waals surface area contributed by atoms with Gasteiger partial charge in [-0.05, 0) is 0 Å². The molecule has 0 fully saturated rings. The summed E-state index contributed by atoms with van der Waals surface area (Å²) in [6.45, 7) is 0. The van der Waals surface area contributed by atoms with Gasteiger partial charge in [0.2, 0.25) is 0 Å². The Morgan fingerprint density at radius 3 is 0.909 bits per heavy atom. The number of halogens is 7.